The number of pyridine rings is 1. The van der Waals surface area contributed by atoms with Gasteiger partial charge in [0.1, 0.15) is 29.7 Å². The average molecular weight is 358 g/mol. The summed E-state index contributed by atoms with van der Waals surface area (Å²) in [7, 11) is 0. The number of ether oxygens (including phenoxy) is 2. The standard InChI is InChI=1S/C20H23FN2O3/c1-12(2)5-4-6-25-15-7-17(21)20-16-9-19(23-13(3)24)22-10-14(16)11-26-18(20)8-15/h7-10,12H,4-6,11H2,1-3H3,(H,22,23,24). The van der Waals surface area contributed by atoms with Crippen molar-refractivity contribution in [3.05, 3.63) is 35.8 Å². The molecule has 1 aliphatic heterocycles. The smallest absolute Gasteiger partial charge is 0.222 e. The van der Waals surface area contributed by atoms with E-state index in [0.717, 1.165) is 18.4 Å². The summed E-state index contributed by atoms with van der Waals surface area (Å²) in [5.74, 6) is 1.26. The molecule has 0 radical (unpaired) electrons. The van der Waals surface area contributed by atoms with E-state index in [9.17, 15) is 9.18 Å². The maximum absolute atomic E-state index is 14.8. The van der Waals surface area contributed by atoms with Gasteiger partial charge in [-0.1, -0.05) is 13.8 Å². The van der Waals surface area contributed by atoms with Crippen LogP contribution in [0.25, 0.3) is 11.1 Å². The molecule has 2 aromatic rings. The number of fused-ring (bicyclic) bond motifs is 3. The van der Waals surface area contributed by atoms with Crippen LogP contribution in [0.15, 0.2) is 24.4 Å². The lowest BCUT2D eigenvalue weighted by Crippen LogP contribution is -2.12. The molecule has 0 spiro atoms. The first kappa shape index (κ1) is 18.2. The van der Waals surface area contributed by atoms with Gasteiger partial charge < -0.3 is 14.8 Å². The summed E-state index contributed by atoms with van der Waals surface area (Å²) in [4.78, 5) is 15.4. The van der Waals surface area contributed by atoms with Crippen LogP contribution in [-0.4, -0.2) is 17.5 Å². The van der Waals surface area contributed by atoms with Crippen molar-refractivity contribution in [1.82, 2.24) is 4.98 Å². The van der Waals surface area contributed by atoms with Crippen LogP contribution >= 0.6 is 0 Å². The molecule has 0 saturated carbocycles. The third-order valence-corrected chi connectivity index (χ3v) is 4.17. The van der Waals surface area contributed by atoms with Crippen LogP contribution in [-0.2, 0) is 11.4 Å². The van der Waals surface area contributed by atoms with Crippen LogP contribution in [0.3, 0.4) is 0 Å². The molecule has 3 rings (SSSR count). The maximum atomic E-state index is 14.8. The lowest BCUT2D eigenvalue weighted by Gasteiger charge is -2.22. The molecule has 5 nitrogen and oxygen atoms in total. The number of hydrogen-bond acceptors (Lipinski definition) is 4. The third kappa shape index (κ3) is 4.12. The van der Waals surface area contributed by atoms with E-state index in [1.807, 2.05) is 0 Å². The Hall–Kier alpha value is -2.63. The Morgan fingerprint density at radius 3 is 2.92 bits per heavy atom. The number of nitrogens with zero attached hydrogens (tertiary/aromatic N) is 1. The predicted molar refractivity (Wildman–Crippen MR) is 97.8 cm³/mol. The number of nitrogens with one attached hydrogen (secondary N) is 1. The molecule has 2 heterocycles. The Labute approximate surface area is 152 Å². The van der Waals surface area contributed by atoms with Gasteiger partial charge in [-0.3, -0.25) is 4.79 Å². The Bertz CT molecular complexity index is 821. The van der Waals surface area contributed by atoms with Gasteiger partial charge in [-0.25, -0.2) is 9.37 Å². The topological polar surface area (TPSA) is 60.5 Å². The summed E-state index contributed by atoms with van der Waals surface area (Å²) in [6.07, 6.45) is 3.58. The van der Waals surface area contributed by atoms with Gasteiger partial charge in [0.25, 0.3) is 0 Å². The number of carbonyl (C=O) groups excluding carboxylic acids is 1. The fraction of sp³-hybridized carbons (Fsp3) is 0.400. The van der Waals surface area contributed by atoms with Gasteiger partial charge >= 0.3 is 0 Å². The first-order valence-corrected chi connectivity index (χ1v) is 8.80. The zero-order chi connectivity index (χ0) is 18.7. The molecule has 1 aliphatic rings. The second-order valence-corrected chi connectivity index (χ2v) is 6.86. The lowest BCUT2D eigenvalue weighted by molar-refractivity contribution is -0.114. The van der Waals surface area contributed by atoms with Gasteiger partial charge in [-0.15, -0.1) is 0 Å². The van der Waals surface area contributed by atoms with E-state index < -0.39 is 5.82 Å². The summed E-state index contributed by atoms with van der Waals surface area (Å²) in [6, 6.07) is 4.77. The Morgan fingerprint density at radius 1 is 1.38 bits per heavy atom. The summed E-state index contributed by atoms with van der Waals surface area (Å²) in [5.41, 5.74) is 1.82. The highest BCUT2D eigenvalue weighted by Gasteiger charge is 2.23. The van der Waals surface area contributed by atoms with E-state index >= 15 is 0 Å². The van der Waals surface area contributed by atoms with Crippen LogP contribution in [0, 0.1) is 11.7 Å². The quantitative estimate of drug-likeness (QED) is 0.770. The molecule has 0 atom stereocenters. The van der Waals surface area contributed by atoms with Crippen LogP contribution in [0.1, 0.15) is 39.2 Å². The van der Waals surface area contributed by atoms with Gasteiger partial charge in [-0.05, 0) is 24.8 Å². The number of hydrogen-bond donors (Lipinski definition) is 1. The normalized spacial score (nSPS) is 12.2. The van der Waals surface area contributed by atoms with Crippen molar-refractivity contribution >= 4 is 11.7 Å². The number of rotatable bonds is 6. The largest absolute Gasteiger partial charge is 0.493 e. The molecule has 138 valence electrons. The van der Waals surface area contributed by atoms with Gasteiger partial charge in [0.2, 0.25) is 5.91 Å². The molecule has 1 amide bonds. The van der Waals surface area contributed by atoms with E-state index in [-0.39, 0.29) is 5.91 Å². The molecule has 0 saturated heterocycles. The van der Waals surface area contributed by atoms with Gasteiger partial charge in [0, 0.05) is 36.4 Å². The highest BCUT2D eigenvalue weighted by molar-refractivity contribution is 5.89. The van der Waals surface area contributed by atoms with Crippen molar-refractivity contribution in [2.24, 2.45) is 5.92 Å². The van der Waals surface area contributed by atoms with Crippen molar-refractivity contribution in [3.8, 4) is 22.6 Å². The summed E-state index contributed by atoms with van der Waals surface area (Å²) in [5, 5.41) is 2.62. The Kier molecular flexibility index (Phi) is 5.40. The van der Waals surface area contributed by atoms with Gasteiger partial charge in [0.05, 0.1) is 12.2 Å². The van der Waals surface area contributed by atoms with E-state index in [4.69, 9.17) is 9.47 Å². The zero-order valence-corrected chi connectivity index (χ0v) is 15.3. The van der Waals surface area contributed by atoms with E-state index in [0.29, 0.717) is 47.6 Å². The van der Waals surface area contributed by atoms with Gasteiger partial charge in [-0.2, -0.15) is 0 Å². The molecule has 0 fully saturated rings. The molecule has 1 N–H and O–H groups in total. The van der Waals surface area contributed by atoms with Crippen molar-refractivity contribution in [2.75, 3.05) is 11.9 Å². The number of carbonyl (C=O) groups is 1. The van der Waals surface area contributed by atoms with E-state index in [2.05, 4.69) is 24.1 Å². The second-order valence-electron chi connectivity index (χ2n) is 6.86. The van der Waals surface area contributed by atoms with Crippen molar-refractivity contribution in [2.45, 2.75) is 40.2 Å². The van der Waals surface area contributed by atoms with Crippen LogP contribution < -0.4 is 14.8 Å². The predicted octanol–water partition coefficient (Wildman–Crippen LogP) is 4.55. The first-order chi connectivity index (χ1) is 12.4. The van der Waals surface area contributed by atoms with E-state index in [1.165, 1.54) is 13.0 Å². The fourth-order valence-corrected chi connectivity index (χ4v) is 2.93. The van der Waals surface area contributed by atoms with Crippen LogP contribution in [0.4, 0.5) is 10.2 Å². The molecule has 6 heteroatoms. The van der Waals surface area contributed by atoms with Crippen molar-refractivity contribution < 1.29 is 18.7 Å². The molecule has 1 aromatic carbocycles. The van der Waals surface area contributed by atoms with Crippen molar-refractivity contribution in [3.63, 3.8) is 0 Å². The SMILES string of the molecule is CC(=O)Nc1cc2c(cn1)COc1cc(OCCCC(C)C)cc(F)c1-2. The fourth-order valence-electron chi connectivity index (χ4n) is 2.93. The number of halogens is 1. The number of aromatic nitrogens is 1. The minimum Gasteiger partial charge on any atom is -0.493 e. The number of amides is 1. The Balaban J connectivity index is 1.84. The molecule has 0 aliphatic carbocycles. The minimum atomic E-state index is -0.415. The first-order valence-electron chi connectivity index (χ1n) is 8.80. The number of anilines is 1. The summed E-state index contributed by atoms with van der Waals surface area (Å²) < 4.78 is 26.1. The Morgan fingerprint density at radius 2 is 2.19 bits per heavy atom. The second kappa shape index (κ2) is 7.72. The maximum Gasteiger partial charge on any atom is 0.222 e. The minimum absolute atomic E-state index is 0.227. The summed E-state index contributed by atoms with van der Waals surface area (Å²) >= 11 is 0. The molecular weight excluding hydrogens is 335 g/mol. The monoisotopic (exact) mass is 358 g/mol. The molecule has 1 aromatic heterocycles. The van der Waals surface area contributed by atoms with Crippen molar-refractivity contribution in [1.29, 1.82) is 0 Å². The zero-order valence-electron chi connectivity index (χ0n) is 15.3. The molecule has 0 unspecified atom stereocenters. The molecular formula is C20H23FN2O3. The van der Waals surface area contributed by atoms with Crippen LogP contribution in [0.5, 0.6) is 11.5 Å². The third-order valence-electron chi connectivity index (χ3n) is 4.17. The van der Waals surface area contributed by atoms with E-state index in [1.54, 1.807) is 18.3 Å². The lowest BCUT2D eigenvalue weighted by atomic mass is 9.98. The van der Waals surface area contributed by atoms with Gasteiger partial charge in [0.15, 0.2) is 0 Å². The molecule has 26 heavy (non-hydrogen) atoms. The number of benzene rings is 1. The highest BCUT2D eigenvalue weighted by atomic mass is 19.1. The highest BCUT2D eigenvalue weighted by Crippen LogP contribution is 2.42. The average Bonchev–Trinajstić information content (AvgIpc) is 2.57. The summed E-state index contributed by atoms with van der Waals surface area (Å²) in [6.45, 7) is 6.57. The molecule has 0 bridgehead atoms. The van der Waals surface area contributed by atoms with Crippen LogP contribution in [0.2, 0.25) is 0 Å².